The van der Waals surface area contributed by atoms with Crippen molar-refractivity contribution in [2.75, 3.05) is 45.3 Å². The van der Waals surface area contributed by atoms with E-state index in [2.05, 4.69) is 25.3 Å². The van der Waals surface area contributed by atoms with Gasteiger partial charge in [0.25, 0.3) is 5.91 Å². The van der Waals surface area contributed by atoms with Crippen molar-refractivity contribution in [2.24, 2.45) is 5.16 Å². The Morgan fingerprint density at radius 3 is 2.81 bits per heavy atom. The van der Waals surface area contributed by atoms with E-state index in [1.807, 2.05) is 23.0 Å². The van der Waals surface area contributed by atoms with Crippen LogP contribution >= 0.6 is 0 Å². The largest absolute Gasteiger partial charge is 0.399 e. The average molecular weight is 357 g/mol. The summed E-state index contributed by atoms with van der Waals surface area (Å²) in [5.74, 6) is -0.173. The number of oxime groups is 1. The number of anilines is 1. The lowest BCUT2D eigenvalue weighted by atomic mass is 10.1. The van der Waals surface area contributed by atoms with E-state index in [1.54, 1.807) is 24.5 Å². The van der Waals surface area contributed by atoms with Gasteiger partial charge in [-0.1, -0.05) is 17.3 Å². The van der Waals surface area contributed by atoms with E-state index in [0.29, 0.717) is 11.3 Å². The quantitative estimate of drug-likeness (QED) is 0.599. The average Bonchev–Trinajstić information content (AvgIpc) is 3.13. The third-order valence-corrected chi connectivity index (χ3v) is 4.12. The van der Waals surface area contributed by atoms with E-state index < -0.39 is 0 Å². The predicted molar refractivity (Wildman–Crippen MR) is 98.5 cm³/mol. The second-order valence-corrected chi connectivity index (χ2v) is 5.94. The van der Waals surface area contributed by atoms with Crippen molar-refractivity contribution in [2.45, 2.75) is 6.54 Å². The highest BCUT2D eigenvalue weighted by Gasteiger charge is 2.11. The zero-order chi connectivity index (χ0) is 18.2. The first-order valence-corrected chi connectivity index (χ1v) is 8.55. The first-order valence-electron chi connectivity index (χ1n) is 8.55. The molecule has 0 aliphatic carbocycles. The monoisotopic (exact) mass is 357 g/mol. The van der Waals surface area contributed by atoms with Gasteiger partial charge in [-0.3, -0.25) is 14.4 Å². The molecule has 1 fully saturated rings. The highest BCUT2D eigenvalue weighted by molar-refractivity contribution is 6.04. The molecular weight excluding hydrogens is 334 g/mol. The van der Waals surface area contributed by atoms with Crippen LogP contribution in [0.2, 0.25) is 0 Å². The number of ether oxygens (including phenoxy) is 1. The lowest BCUT2D eigenvalue weighted by Crippen LogP contribution is -2.38. The fraction of sp³-hybridized carbons (Fsp3) is 0.389. The molecule has 1 aliphatic heterocycles. The van der Waals surface area contributed by atoms with Gasteiger partial charge in [-0.15, -0.1) is 0 Å². The standard InChI is InChI=1S/C18H23N5O3/c1-25-20-12-15-2-4-16(5-3-15)18(24)21-17-13-19-23(14-17)7-6-22-8-10-26-11-9-22/h2-5,12-14H,6-11H2,1H3,(H,21,24)/b20-12+. The van der Waals surface area contributed by atoms with Crippen molar-refractivity contribution in [1.29, 1.82) is 0 Å². The van der Waals surface area contributed by atoms with Gasteiger partial charge < -0.3 is 14.9 Å². The smallest absolute Gasteiger partial charge is 0.255 e. The number of morpholine rings is 1. The summed E-state index contributed by atoms with van der Waals surface area (Å²) in [6.07, 6.45) is 5.09. The zero-order valence-electron chi connectivity index (χ0n) is 14.8. The van der Waals surface area contributed by atoms with Crippen LogP contribution in [0, 0.1) is 0 Å². The number of hydrogen-bond acceptors (Lipinski definition) is 6. The number of hydrogen-bond donors (Lipinski definition) is 1. The van der Waals surface area contributed by atoms with Crippen LogP contribution in [0.1, 0.15) is 15.9 Å². The molecule has 3 rings (SSSR count). The number of carbonyl (C=O) groups is 1. The van der Waals surface area contributed by atoms with Crippen LogP contribution in [-0.2, 0) is 16.1 Å². The van der Waals surface area contributed by atoms with Crippen molar-refractivity contribution in [1.82, 2.24) is 14.7 Å². The van der Waals surface area contributed by atoms with Crippen molar-refractivity contribution in [3.8, 4) is 0 Å². The van der Waals surface area contributed by atoms with Crippen molar-refractivity contribution in [3.63, 3.8) is 0 Å². The van der Waals surface area contributed by atoms with Crippen molar-refractivity contribution < 1.29 is 14.4 Å². The van der Waals surface area contributed by atoms with Gasteiger partial charge in [0, 0.05) is 31.4 Å². The molecule has 0 atom stereocenters. The van der Waals surface area contributed by atoms with Crippen LogP contribution in [0.25, 0.3) is 0 Å². The molecule has 1 amide bonds. The van der Waals surface area contributed by atoms with Crippen LogP contribution in [0.5, 0.6) is 0 Å². The predicted octanol–water partition coefficient (Wildman–Crippen LogP) is 1.45. The summed E-state index contributed by atoms with van der Waals surface area (Å²) in [6.45, 7) is 5.19. The van der Waals surface area contributed by atoms with Crippen molar-refractivity contribution >= 4 is 17.8 Å². The Kier molecular flexibility index (Phi) is 6.34. The van der Waals surface area contributed by atoms with Crippen LogP contribution < -0.4 is 5.32 Å². The normalized spacial score (nSPS) is 15.3. The summed E-state index contributed by atoms with van der Waals surface area (Å²) < 4.78 is 7.19. The van der Waals surface area contributed by atoms with Gasteiger partial charge >= 0.3 is 0 Å². The Hall–Kier alpha value is -2.71. The molecule has 2 aromatic rings. The Balaban J connectivity index is 1.51. The van der Waals surface area contributed by atoms with E-state index in [4.69, 9.17) is 4.74 Å². The maximum atomic E-state index is 12.3. The molecule has 26 heavy (non-hydrogen) atoms. The molecule has 1 saturated heterocycles. The molecule has 8 heteroatoms. The SMILES string of the molecule is CO/N=C/c1ccc(C(=O)Nc2cnn(CCN3CCOCC3)c2)cc1. The van der Waals surface area contributed by atoms with Gasteiger partial charge in [0.15, 0.2) is 0 Å². The summed E-state index contributed by atoms with van der Waals surface area (Å²) in [6, 6.07) is 7.11. The van der Waals surface area contributed by atoms with Crippen LogP contribution in [-0.4, -0.2) is 66.8 Å². The van der Waals surface area contributed by atoms with Gasteiger partial charge in [0.1, 0.15) is 7.11 Å². The molecular formula is C18H23N5O3. The second kappa shape index (κ2) is 9.12. The molecule has 1 N–H and O–H groups in total. The summed E-state index contributed by atoms with van der Waals surface area (Å²) in [7, 11) is 1.49. The van der Waals surface area contributed by atoms with Crippen molar-refractivity contribution in [3.05, 3.63) is 47.8 Å². The van der Waals surface area contributed by atoms with Gasteiger partial charge in [0.2, 0.25) is 0 Å². The molecule has 0 saturated carbocycles. The molecule has 2 heterocycles. The van der Waals surface area contributed by atoms with Crippen LogP contribution in [0.3, 0.4) is 0 Å². The summed E-state index contributed by atoms with van der Waals surface area (Å²) in [5.41, 5.74) is 2.11. The molecule has 0 radical (unpaired) electrons. The van der Waals surface area contributed by atoms with E-state index in [9.17, 15) is 4.79 Å². The minimum Gasteiger partial charge on any atom is -0.399 e. The Labute approximate surface area is 152 Å². The number of carbonyl (C=O) groups excluding carboxylic acids is 1. The molecule has 1 aromatic carbocycles. The zero-order valence-corrected chi connectivity index (χ0v) is 14.8. The van der Waals surface area contributed by atoms with E-state index >= 15 is 0 Å². The van der Waals surface area contributed by atoms with Gasteiger partial charge in [-0.25, -0.2) is 0 Å². The Morgan fingerprint density at radius 1 is 1.31 bits per heavy atom. The first kappa shape index (κ1) is 18.1. The Morgan fingerprint density at radius 2 is 2.08 bits per heavy atom. The maximum absolute atomic E-state index is 12.3. The molecule has 8 nitrogen and oxygen atoms in total. The lowest BCUT2D eigenvalue weighted by molar-refractivity contribution is 0.0360. The third-order valence-electron chi connectivity index (χ3n) is 4.12. The Bertz CT molecular complexity index is 736. The van der Waals surface area contributed by atoms with E-state index in [1.165, 1.54) is 7.11 Å². The highest BCUT2D eigenvalue weighted by Crippen LogP contribution is 2.10. The molecule has 0 spiro atoms. The number of nitrogens with one attached hydrogen (secondary N) is 1. The second-order valence-electron chi connectivity index (χ2n) is 5.94. The van der Waals surface area contributed by atoms with Gasteiger partial charge in [0.05, 0.1) is 37.9 Å². The summed E-state index contributed by atoms with van der Waals surface area (Å²) in [5, 5.41) is 10.9. The summed E-state index contributed by atoms with van der Waals surface area (Å²) in [4.78, 5) is 19.3. The molecule has 1 aliphatic rings. The summed E-state index contributed by atoms with van der Waals surface area (Å²) >= 11 is 0. The number of rotatable bonds is 7. The van der Waals surface area contributed by atoms with Gasteiger partial charge in [-0.05, 0) is 17.7 Å². The lowest BCUT2D eigenvalue weighted by Gasteiger charge is -2.26. The first-order chi connectivity index (χ1) is 12.7. The minimum atomic E-state index is -0.173. The molecule has 0 unspecified atom stereocenters. The molecule has 0 bridgehead atoms. The molecule has 1 aromatic heterocycles. The number of amides is 1. The van der Waals surface area contributed by atoms with E-state index in [-0.39, 0.29) is 5.91 Å². The highest BCUT2D eigenvalue weighted by atomic mass is 16.6. The minimum absolute atomic E-state index is 0.173. The van der Waals surface area contributed by atoms with Gasteiger partial charge in [-0.2, -0.15) is 5.10 Å². The molecule has 138 valence electrons. The number of nitrogens with zero attached hydrogens (tertiary/aromatic N) is 4. The maximum Gasteiger partial charge on any atom is 0.255 e. The fourth-order valence-electron chi connectivity index (χ4n) is 2.66. The third kappa shape index (κ3) is 5.14. The fourth-order valence-corrected chi connectivity index (χ4v) is 2.66. The number of benzene rings is 1. The van der Waals surface area contributed by atoms with Crippen LogP contribution in [0.15, 0.2) is 41.8 Å². The van der Waals surface area contributed by atoms with E-state index in [0.717, 1.165) is 45.0 Å². The van der Waals surface area contributed by atoms with Crippen LogP contribution in [0.4, 0.5) is 5.69 Å². The number of aromatic nitrogens is 2. The topological polar surface area (TPSA) is 81.0 Å².